The molecule has 12 atom stereocenters. The van der Waals surface area contributed by atoms with Crippen LogP contribution in [0.25, 0.3) is 0 Å². The van der Waals surface area contributed by atoms with Crippen molar-refractivity contribution in [2.45, 2.75) is 69.9 Å². The first-order valence-electron chi connectivity index (χ1n) is 19.4. The van der Waals surface area contributed by atoms with Crippen LogP contribution in [-0.2, 0) is 23.9 Å². The number of nitrogens with two attached hydrogens (primary N) is 3. The van der Waals surface area contributed by atoms with E-state index >= 15 is 0 Å². The van der Waals surface area contributed by atoms with Gasteiger partial charge in [0.2, 0.25) is 28.3 Å². The molecule has 6 aliphatic rings. The van der Waals surface area contributed by atoms with Gasteiger partial charge >= 0.3 is 18.2 Å². The fraction of sp³-hybridized carbons (Fsp3) is 0.513. The van der Waals surface area contributed by atoms with Crippen LogP contribution in [0.4, 0.5) is 32.6 Å². The Morgan fingerprint density at radius 1 is 0.635 bits per heavy atom. The van der Waals surface area contributed by atoms with Gasteiger partial charge in [0.1, 0.15) is 5.60 Å². The molecule has 3 fully saturated rings. The first kappa shape index (κ1) is 48.9. The second-order valence-corrected chi connectivity index (χ2v) is 17.6. The molecule has 2 heterocycles. The van der Waals surface area contributed by atoms with Crippen molar-refractivity contribution in [1.82, 2.24) is 30.6 Å². The Morgan fingerprint density at radius 2 is 1.03 bits per heavy atom. The minimum absolute atomic E-state index is 0.0113. The molecular weight excluding hydrogens is 906 g/mol. The second kappa shape index (κ2) is 19.7. The van der Waals surface area contributed by atoms with E-state index in [2.05, 4.69) is 30.6 Å². The van der Waals surface area contributed by atoms with Crippen LogP contribution in [0.1, 0.15) is 40.0 Å². The van der Waals surface area contributed by atoms with Gasteiger partial charge in [-0.2, -0.15) is 18.2 Å². The molecule has 1 unspecified atom stereocenters. The number of nitrogens with one attached hydrogen (secondary N) is 3. The van der Waals surface area contributed by atoms with Crippen LogP contribution in [0.15, 0.2) is 48.8 Å². The Kier molecular flexibility index (Phi) is 15.3. The Labute approximate surface area is 372 Å². The molecule has 6 bridgehead atoms. The molecule has 0 saturated heterocycles. The fourth-order valence-electron chi connectivity index (χ4n) is 8.83. The number of amides is 5. The van der Waals surface area contributed by atoms with Crippen molar-refractivity contribution < 1.29 is 50.7 Å². The molecule has 3 saturated carbocycles. The van der Waals surface area contributed by atoms with Gasteiger partial charge in [0.25, 0.3) is 0 Å². The molecule has 9 N–H and O–H groups in total. The number of alkyl carbamates (subject to hydrolysis) is 1. The highest BCUT2D eigenvalue weighted by Crippen LogP contribution is 2.46. The summed E-state index contributed by atoms with van der Waals surface area (Å²) in [6.45, 7) is 5.41. The van der Waals surface area contributed by atoms with E-state index in [4.69, 9.17) is 56.7 Å². The zero-order valence-electron chi connectivity index (χ0n) is 33.7. The van der Waals surface area contributed by atoms with Crippen LogP contribution in [0.5, 0.6) is 0 Å². The van der Waals surface area contributed by atoms with Crippen molar-refractivity contribution in [3.63, 3.8) is 0 Å². The van der Waals surface area contributed by atoms with Crippen molar-refractivity contribution in [1.29, 1.82) is 0 Å². The topological polar surface area (TPSA) is 260 Å². The van der Waals surface area contributed by atoms with Crippen LogP contribution >= 0.6 is 34.8 Å². The number of rotatable bonds is 7. The first-order valence-corrected chi connectivity index (χ1v) is 20.6. The van der Waals surface area contributed by atoms with E-state index in [1.807, 2.05) is 29.6 Å². The number of primary amides is 3. The summed E-state index contributed by atoms with van der Waals surface area (Å²) in [5, 5.41) is 7.25. The molecule has 24 heteroatoms. The zero-order valence-corrected chi connectivity index (χ0v) is 35.9. The predicted octanol–water partition coefficient (Wildman–Crippen LogP) is 4.81. The average molecular weight is 950 g/mol. The normalized spacial score (nSPS) is 30.0. The molecule has 8 rings (SSSR count). The van der Waals surface area contributed by atoms with E-state index in [1.54, 1.807) is 32.9 Å². The van der Waals surface area contributed by atoms with E-state index < -0.39 is 53.3 Å². The number of carbonyl (C=O) groups is 5. The molecule has 0 aromatic carbocycles. The maximum absolute atomic E-state index is 13.6. The molecule has 2 aromatic rings. The number of carbonyl (C=O) groups excluding carboxylic acids is 5. The predicted molar refractivity (Wildman–Crippen MR) is 218 cm³/mol. The summed E-state index contributed by atoms with van der Waals surface area (Å²) in [5.41, 5.74) is 15.5. The maximum atomic E-state index is 13.6. The molecule has 6 aliphatic carbocycles. The van der Waals surface area contributed by atoms with Crippen molar-refractivity contribution in [3.8, 4) is 0 Å². The summed E-state index contributed by atoms with van der Waals surface area (Å²) in [6.07, 6.45) is 10.4. The van der Waals surface area contributed by atoms with E-state index in [0.717, 1.165) is 25.2 Å². The molecule has 342 valence electrons. The molecule has 0 aliphatic heterocycles. The smallest absolute Gasteiger partial charge is 0.444 e. The third-order valence-corrected chi connectivity index (χ3v) is 11.9. The Hall–Kier alpha value is -5.15. The van der Waals surface area contributed by atoms with Gasteiger partial charge in [-0.15, -0.1) is 0 Å². The lowest BCUT2D eigenvalue weighted by molar-refractivity contribution is -0.175. The highest BCUT2D eigenvalue weighted by molar-refractivity contribution is 6.31. The second-order valence-electron chi connectivity index (χ2n) is 16.6. The summed E-state index contributed by atoms with van der Waals surface area (Å²) in [7, 11) is 0. The highest BCUT2D eigenvalue weighted by atomic mass is 35.5. The first-order chi connectivity index (χ1) is 29.3. The van der Waals surface area contributed by atoms with Gasteiger partial charge in [0.05, 0.1) is 36.2 Å². The van der Waals surface area contributed by atoms with Crippen molar-refractivity contribution >= 4 is 70.3 Å². The number of halogens is 8. The number of hydrogen-bond donors (Lipinski definition) is 6. The number of hydrogen-bond acceptors (Lipinski definition) is 11. The summed E-state index contributed by atoms with van der Waals surface area (Å²) >= 11 is 16.1. The molecule has 16 nitrogen and oxygen atoms in total. The van der Waals surface area contributed by atoms with Crippen LogP contribution < -0.4 is 33.2 Å². The number of fused-ring (bicyclic) bond motifs is 6. The summed E-state index contributed by atoms with van der Waals surface area (Å²) in [6, 6.07) is -1.31. The Bertz CT molecular complexity index is 2180. The zero-order chi connectivity index (χ0) is 46.7. The summed E-state index contributed by atoms with van der Waals surface area (Å²) in [5.74, 6) is -5.82. The number of nitrogens with zero attached hydrogens (tertiary/aromatic N) is 4. The lowest BCUT2D eigenvalue weighted by Gasteiger charge is -2.28. The Morgan fingerprint density at radius 3 is 1.44 bits per heavy atom. The Balaban J connectivity index is 0.000000163. The number of anilines is 1. The van der Waals surface area contributed by atoms with Crippen molar-refractivity contribution in [3.05, 3.63) is 76.2 Å². The number of allylic oxidation sites excluding steroid dienone is 3. The SMILES string of the molecule is CC(C)(C)OC(=O)N[C@H]1[C@@H](C(N)=O)[C@@H]2C=C[C@H]1C2.Fc1cnc(Cl)nc1Cl.NC(=O)C1[C@@H]2C=C[C@@H](C2)[C@H]1NC(=O)C(F)(F)F.NC(=O)[C@@H]1[C@H](Nc2nc(Cl)ncc2F)[C@H]2C=C[C@@H]1C2. The summed E-state index contributed by atoms with van der Waals surface area (Å²) < 4.78 is 67.4. The van der Waals surface area contributed by atoms with E-state index in [1.165, 1.54) is 0 Å². The van der Waals surface area contributed by atoms with Crippen LogP contribution in [0.3, 0.4) is 0 Å². The monoisotopic (exact) mass is 948 g/mol. The fourth-order valence-corrected chi connectivity index (χ4v) is 9.27. The van der Waals surface area contributed by atoms with E-state index in [-0.39, 0.29) is 92.8 Å². The van der Waals surface area contributed by atoms with E-state index in [0.29, 0.717) is 6.42 Å². The lowest BCUT2D eigenvalue weighted by atomic mass is 9.88. The van der Waals surface area contributed by atoms with Gasteiger partial charge in [-0.3, -0.25) is 19.2 Å². The minimum atomic E-state index is -4.94. The van der Waals surface area contributed by atoms with Gasteiger partial charge in [0.15, 0.2) is 22.6 Å². The van der Waals surface area contributed by atoms with Gasteiger partial charge in [-0.1, -0.05) is 48.1 Å². The van der Waals surface area contributed by atoms with Gasteiger partial charge < -0.3 is 37.9 Å². The number of ether oxygens (including phenoxy) is 1. The van der Waals surface area contributed by atoms with Gasteiger partial charge in [-0.25, -0.2) is 28.5 Å². The molecule has 5 amide bonds. The van der Waals surface area contributed by atoms with Crippen LogP contribution in [0.2, 0.25) is 15.7 Å². The van der Waals surface area contributed by atoms with Crippen molar-refractivity contribution in [2.24, 2.45) is 70.5 Å². The van der Waals surface area contributed by atoms with Crippen LogP contribution in [0, 0.1) is 64.9 Å². The molecular formula is C39H44Cl3F5N10O6. The molecule has 2 aromatic heterocycles. The van der Waals surface area contributed by atoms with Crippen LogP contribution in [-0.4, -0.2) is 79.6 Å². The maximum Gasteiger partial charge on any atom is 0.471 e. The quantitative estimate of drug-likeness (QED) is 0.0950. The highest BCUT2D eigenvalue weighted by Gasteiger charge is 2.52. The summed E-state index contributed by atoms with van der Waals surface area (Å²) in [4.78, 5) is 70.8. The van der Waals surface area contributed by atoms with Gasteiger partial charge in [0, 0.05) is 12.1 Å². The average Bonchev–Trinajstić information content (AvgIpc) is 4.04. The molecule has 63 heavy (non-hydrogen) atoms. The standard InChI is InChI=1S/C13H20N2O3.C12H12ClFN4O.C10H11F3N2O2.C4HCl2FN2/c1-13(2,3)18-12(17)15-10-8-5-4-7(6-8)9(10)11(14)16;13-12-16-4-7(14)11(18-12)17-9-6-2-1-5(3-6)8(9)10(15)19;11-10(12,13)9(17)15-7-5-2-1-4(3-5)6(7)8(14)16;5-3-2(7)1-8-4(6)9-3/h4-5,7-10H,6H2,1-3H3,(H2,14,16)(H,15,17);1-2,4-6,8-9H,3H2,(H2,15,19)(H,16,17,18);1-2,4-7H,3H2,(H2,14,16)(H,15,17);1H/t7-,8+,9+,10-;5-,6+,8+,9-;4-,5+,6?,7-;/m111./s1. The third kappa shape index (κ3) is 12.1. The molecule has 0 spiro atoms. The van der Waals surface area contributed by atoms with Gasteiger partial charge in [-0.05, 0) is 98.7 Å². The third-order valence-electron chi connectivity index (χ3n) is 11.3. The minimum Gasteiger partial charge on any atom is -0.444 e. The lowest BCUT2D eigenvalue weighted by Crippen LogP contribution is -2.51. The number of aromatic nitrogens is 4. The largest absolute Gasteiger partial charge is 0.471 e. The van der Waals surface area contributed by atoms with E-state index in [9.17, 15) is 45.9 Å². The molecule has 0 radical (unpaired) electrons. The van der Waals surface area contributed by atoms with Crippen molar-refractivity contribution in [2.75, 3.05) is 5.32 Å². The number of alkyl halides is 3.